The van der Waals surface area contributed by atoms with Crippen molar-refractivity contribution in [1.82, 2.24) is 34.4 Å². The molecule has 1 saturated carbocycles. The quantitative estimate of drug-likeness (QED) is 0.280. The Morgan fingerprint density at radius 3 is 2.64 bits per heavy atom. The largest absolute Gasteiger partial charge is 0.473 e. The Bertz CT molecular complexity index is 1470. The van der Waals surface area contributed by atoms with Crippen molar-refractivity contribution in [3.8, 4) is 11.7 Å². The highest BCUT2D eigenvalue weighted by Gasteiger charge is 2.37. The molecule has 3 aromatic heterocycles. The molecule has 1 amide bonds. The zero-order valence-electron chi connectivity index (χ0n) is 24.5. The molecule has 2 unspecified atom stereocenters. The molecule has 1 aliphatic heterocycles. The number of carbonyl (C=O) groups excluding carboxylic acids is 1. The molecule has 1 aliphatic carbocycles. The van der Waals surface area contributed by atoms with Gasteiger partial charge in [-0.25, -0.2) is 23.4 Å². The molecule has 0 aromatic carbocycles. The standard InChI is InChI=1S/C29H40N8O4S/c1-4-7-21(8-5-2)15-20(3)41-27-17-30-16-26(34-27)36-18-24(32-19-36)28(38)37-14-6-9-25(37)23-12-13-31-29(33-23)35-42(39,40)22-10-11-22/h12-13,16-22,25H,4-11,14-15H2,1-3H3,(H,31,33,35). The van der Waals surface area contributed by atoms with Gasteiger partial charge in [0.05, 0.1) is 35.5 Å². The van der Waals surface area contributed by atoms with Gasteiger partial charge in [0, 0.05) is 18.9 Å². The summed E-state index contributed by atoms with van der Waals surface area (Å²) in [5, 5.41) is -0.381. The Kier molecular flexibility index (Phi) is 9.34. The summed E-state index contributed by atoms with van der Waals surface area (Å²) in [6.07, 6.45) is 16.4. The molecule has 0 spiro atoms. The lowest BCUT2D eigenvalue weighted by atomic mass is 9.93. The number of imidazole rings is 1. The lowest BCUT2D eigenvalue weighted by Gasteiger charge is -2.23. The van der Waals surface area contributed by atoms with E-state index < -0.39 is 10.0 Å². The van der Waals surface area contributed by atoms with Gasteiger partial charge in [-0.15, -0.1) is 0 Å². The van der Waals surface area contributed by atoms with E-state index in [-0.39, 0.29) is 34.9 Å². The van der Waals surface area contributed by atoms with Gasteiger partial charge in [-0.1, -0.05) is 39.5 Å². The molecular weight excluding hydrogens is 556 g/mol. The van der Waals surface area contributed by atoms with Crippen LogP contribution in [0.5, 0.6) is 5.88 Å². The molecule has 0 radical (unpaired) electrons. The van der Waals surface area contributed by atoms with E-state index in [0.717, 1.165) is 25.7 Å². The van der Waals surface area contributed by atoms with Crippen molar-refractivity contribution in [1.29, 1.82) is 0 Å². The monoisotopic (exact) mass is 596 g/mol. The summed E-state index contributed by atoms with van der Waals surface area (Å²) in [6.45, 7) is 7.04. The zero-order chi connectivity index (χ0) is 29.7. The number of nitrogens with zero attached hydrogens (tertiary/aromatic N) is 7. The number of nitrogens with one attached hydrogen (secondary N) is 1. The molecule has 12 nitrogen and oxygen atoms in total. The summed E-state index contributed by atoms with van der Waals surface area (Å²) in [4.78, 5) is 37.1. The van der Waals surface area contributed by atoms with Crippen LogP contribution in [0.4, 0.5) is 5.95 Å². The van der Waals surface area contributed by atoms with Gasteiger partial charge in [-0.3, -0.25) is 19.1 Å². The van der Waals surface area contributed by atoms with Crippen molar-refractivity contribution in [3.63, 3.8) is 0 Å². The molecule has 2 atom stereocenters. The van der Waals surface area contributed by atoms with Gasteiger partial charge in [-0.2, -0.15) is 4.98 Å². The third kappa shape index (κ3) is 7.23. The summed E-state index contributed by atoms with van der Waals surface area (Å²) >= 11 is 0. The maximum Gasteiger partial charge on any atom is 0.274 e. The molecular formula is C29H40N8O4S. The summed E-state index contributed by atoms with van der Waals surface area (Å²) in [5.74, 6) is 1.37. The van der Waals surface area contributed by atoms with Gasteiger partial charge in [0.15, 0.2) is 5.82 Å². The molecule has 2 fully saturated rings. The molecule has 2 aliphatic rings. The molecule has 1 saturated heterocycles. The highest BCUT2D eigenvalue weighted by atomic mass is 32.2. The molecule has 4 heterocycles. The smallest absolute Gasteiger partial charge is 0.274 e. The fourth-order valence-corrected chi connectivity index (χ4v) is 6.94. The highest BCUT2D eigenvalue weighted by Crippen LogP contribution is 2.33. The van der Waals surface area contributed by atoms with Gasteiger partial charge in [-0.05, 0) is 51.0 Å². The minimum Gasteiger partial charge on any atom is -0.473 e. The summed E-state index contributed by atoms with van der Waals surface area (Å²) in [7, 11) is -3.49. The van der Waals surface area contributed by atoms with Gasteiger partial charge >= 0.3 is 0 Å². The third-order valence-corrected chi connectivity index (χ3v) is 9.59. The van der Waals surface area contributed by atoms with E-state index in [1.807, 2.05) is 0 Å². The van der Waals surface area contributed by atoms with Crippen LogP contribution >= 0.6 is 0 Å². The number of ether oxygens (including phenoxy) is 1. The Labute approximate surface area is 247 Å². The number of rotatable bonds is 14. The predicted molar refractivity (Wildman–Crippen MR) is 158 cm³/mol. The van der Waals surface area contributed by atoms with Crippen molar-refractivity contribution < 1.29 is 17.9 Å². The first kappa shape index (κ1) is 29.9. The summed E-state index contributed by atoms with van der Waals surface area (Å²) < 4.78 is 35.0. The van der Waals surface area contributed by atoms with Crippen LogP contribution in [0.3, 0.4) is 0 Å². The first-order valence-electron chi connectivity index (χ1n) is 15.0. The van der Waals surface area contributed by atoms with Gasteiger partial charge in [0.1, 0.15) is 12.0 Å². The van der Waals surface area contributed by atoms with Crippen LogP contribution in [-0.2, 0) is 10.0 Å². The summed E-state index contributed by atoms with van der Waals surface area (Å²) in [5.41, 5.74) is 0.864. The Hall–Kier alpha value is -3.61. The highest BCUT2D eigenvalue weighted by molar-refractivity contribution is 7.93. The first-order chi connectivity index (χ1) is 20.3. The third-order valence-electron chi connectivity index (χ3n) is 7.78. The van der Waals surface area contributed by atoms with Gasteiger partial charge < -0.3 is 9.64 Å². The average molecular weight is 597 g/mol. The van der Waals surface area contributed by atoms with E-state index in [0.29, 0.717) is 49.1 Å². The Morgan fingerprint density at radius 1 is 1.12 bits per heavy atom. The van der Waals surface area contributed by atoms with Crippen molar-refractivity contribution in [2.24, 2.45) is 5.92 Å². The van der Waals surface area contributed by atoms with E-state index in [9.17, 15) is 13.2 Å². The van der Waals surface area contributed by atoms with Crippen molar-refractivity contribution in [3.05, 3.63) is 48.6 Å². The number of carbonyl (C=O) groups is 1. The predicted octanol–water partition coefficient (Wildman–Crippen LogP) is 4.71. The lowest BCUT2D eigenvalue weighted by molar-refractivity contribution is 0.0727. The second-order valence-corrected chi connectivity index (χ2v) is 13.3. The fourth-order valence-electron chi connectivity index (χ4n) is 5.66. The number of aromatic nitrogens is 6. The normalized spacial score (nSPS) is 17.9. The van der Waals surface area contributed by atoms with Crippen LogP contribution in [0.25, 0.3) is 5.82 Å². The Morgan fingerprint density at radius 2 is 1.90 bits per heavy atom. The number of hydrogen-bond acceptors (Lipinski definition) is 9. The summed E-state index contributed by atoms with van der Waals surface area (Å²) in [6, 6.07) is 1.41. The minimum absolute atomic E-state index is 0.0102. The molecule has 1 N–H and O–H groups in total. The van der Waals surface area contributed by atoms with Crippen LogP contribution in [0, 0.1) is 5.92 Å². The second-order valence-electron chi connectivity index (χ2n) is 11.3. The molecule has 3 aromatic rings. The number of hydrogen-bond donors (Lipinski definition) is 1. The van der Waals surface area contributed by atoms with Gasteiger partial charge in [0.2, 0.25) is 21.9 Å². The lowest BCUT2D eigenvalue weighted by Crippen LogP contribution is -2.31. The van der Waals surface area contributed by atoms with Crippen LogP contribution in [0.2, 0.25) is 0 Å². The number of likely N-dealkylation sites (tertiary alicyclic amines) is 1. The number of anilines is 1. The van der Waals surface area contributed by atoms with E-state index in [2.05, 4.69) is 50.4 Å². The van der Waals surface area contributed by atoms with Gasteiger partial charge in [0.25, 0.3) is 5.91 Å². The topological polar surface area (TPSA) is 145 Å². The Balaban J connectivity index is 1.25. The fraction of sp³-hybridized carbons (Fsp3) is 0.586. The maximum absolute atomic E-state index is 13.5. The van der Waals surface area contributed by atoms with Crippen LogP contribution in [0.15, 0.2) is 37.2 Å². The SMILES string of the molecule is CCCC(CCC)CC(C)Oc1cncc(-n2cnc(C(=O)N3CCCC3c3ccnc(NS(=O)(=O)C4CC4)n3)c2)n1. The van der Waals surface area contributed by atoms with Crippen LogP contribution in [0.1, 0.15) is 101 Å². The van der Waals surface area contributed by atoms with E-state index in [1.165, 1.54) is 19.0 Å². The van der Waals surface area contributed by atoms with Crippen LogP contribution in [-0.4, -0.2) is 66.6 Å². The zero-order valence-corrected chi connectivity index (χ0v) is 25.3. The molecule has 13 heteroatoms. The average Bonchev–Trinajstić information content (AvgIpc) is 3.52. The molecule has 0 bridgehead atoms. The van der Waals surface area contributed by atoms with Crippen molar-refractivity contribution in [2.75, 3.05) is 11.3 Å². The number of sulfonamides is 1. The second kappa shape index (κ2) is 13.1. The number of amides is 1. The first-order valence-corrected chi connectivity index (χ1v) is 16.5. The molecule has 226 valence electrons. The van der Waals surface area contributed by atoms with Crippen LogP contribution < -0.4 is 9.46 Å². The molecule has 5 rings (SSSR count). The minimum atomic E-state index is -3.49. The van der Waals surface area contributed by atoms with E-state index in [1.54, 1.807) is 40.5 Å². The van der Waals surface area contributed by atoms with E-state index >= 15 is 0 Å². The molecule has 42 heavy (non-hydrogen) atoms. The van der Waals surface area contributed by atoms with Crippen molar-refractivity contribution in [2.45, 2.75) is 96.0 Å². The maximum atomic E-state index is 13.5. The van der Waals surface area contributed by atoms with Crippen molar-refractivity contribution >= 4 is 21.9 Å². The van der Waals surface area contributed by atoms with E-state index in [4.69, 9.17) is 4.74 Å².